The highest BCUT2D eigenvalue weighted by molar-refractivity contribution is 6.02. The van der Waals surface area contributed by atoms with E-state index in [1.165, 1.54) is 0 Å². The van der Waals surface area contributed by atoms with Crippen molar-refractivity contribution in [3.63, 3.8) is 0 Å². The number of hydrogen-bond donors (Lipinski definition) is 4. The Hall–Kier alpha value is -3.02. The molecule has 2 aromatic carbocycles. The van der Waals surface area contributed by atoms with E-state index in [1.54, 1.807) is 42.5 Å². The highest BCUT2D eigenvalue weighted by Gasteiger charge is 2.11. The molecule has 0 atom stereocenters. The third-order valence-electron chi connectivity index (χ3n) is 2.78. The number of nitrogens with one attached hydrogen (secondary N) is 1. The molecular formula is C14H14N4O2. The topological polar surface area (TPSA) is 124 Å². The van der Waals surface area contributed by atoms with Gasteiger partial charge in [0.15, 0.2) is 0 Å². The number of carbonyl (C=O) groups excluding carboxylic acids is 2. The molecule has 102 valence electrons. The fourth-order valence-corrected chi connectivity index (χ4v) is 1.81. The number of benzene rings is 2. The average Bonchev–Trinajstić information content (AvgIpc) is 2.41. The second-order valence-corrected chi connectivity index (χ2v) is 4.20. The highest BCUT2D eigenvalue weighted by atomic mass is 16.1. The van der Waals surface area contributed by atoms with E-state index in [4.69, 9.17) is 17.2 Å². The number of nitrogens with two attached hydrogens (primary N) is 3. The van der Waals surface area contributed by atoms with Crippen molar-refractivity contribution >= 4 is 28.9 Å². The van der Waals surface area contributed by atoms with E-state index in [0.717, 1.165) is 0 Å². The van der Waals surface area contributed by atoms with Crippen LogP contribution in [0, 0.1) is 0 Å². The van der Waals surface area contributed by atoms with Crippen LogP contribution in [0.2, 0.25) is 0 Å². The molecule has 0 saturated carbocycles. The van der Waals surface area contributed by atoms with Gasteiger partial charge in [-0.15, -0.1) is 0 Å². The first-order valence-corrected chi connectivity index (χ1v) is 5.84. The fourth-order valence-electron chi connectivity index (χ4n) is 1.81. The molecule has 6 heteroatoms. The average molecular weight is 270 g/mol. The standard InChI is InChI=1S/C14H14N4O2/c15-11-6-2-5-10(14(17)20)12(11)18-9-4-1-3-8(7-9)13(16)19/h1-7,18H,15H2,(H2,16,19)(H2,17,20). The number of amides is 2. The Balaban J connectivity index is 2.42. The van der Waals surface area contributed by atoms with E-state index < -0.39 is 11.8 Å². The lowest BCUT2D eigenvalue weighted by atomic mass is 10.1. The normalized spacial score (nSPS) is 10.0. The molecule has 0 aliphatic rings. The number of anilines is 3. The Bertz CT molecular complexity index is 683. The van der Waals surface area contributed by atoms with Gasteiger partial charge in [-0.3, -0.25) is 9.59 Å². The maximum absolute atomic E-state index is 11.4. The summed E-state index contributed by atoms with van der Waals surface area (Å²) in [5.41, 5.74) is 18.4. The van der Waals surface area contributed by atoms with Crippen LogP contribution >= 0.6 is 0 Å². The maximum atomic E-state index is 11.4. The van der Waals surface area contributed by atoms with Crippen LogP contribution in [0.25, 0.3) is 0 Å². The van der Waals surface area contributed by atoms with Crippen molar-refractivity contribution in [1.29, 1.82) is 0 Å². The molecule has 20 heavy (non-hydrogen) atoms. The monoisotopic (exact) mass is 270 g/mol. The largest absolute Gasteiger partial charge is 0.397 e. The lowest BCUT2D eigenvalue weighted by Crippen LogP contribution is -2.15. The van der Waals surface area contributed by atoms with Crippen LogP contribution in [0.5, 0.6) is 0 Å². The van der Waals surface area contributed by atoms with E-state index in [0.29, 0.717) is 22.6 Å². The minimum absolute atomic E-state index is 0.273. The Morgan fingerprint density at radius 2 is 1.65 bits per heavy atom. The Labute approximate surface area is 115 Å². The molecule has 0 spiro atoms. The van der Waals surface area contributed by atoms with Crippen molar-refractivity contribution in [3.05, 3.63) is 53.6 Å². The van der Waals surface area contributed by atoms with Crippen molar-refractivity contribution in [2.24, 2.45) is 11.5 Å². The van der Waals surface area contributed by atoms with Gasteiger partial charge in [0.05, 0.1) is 16.9 Å². The molecule has 0 fully saturated rings. The van der Waals surface area contributed by atoms with Gasteiger partial charge < -0.3 is 22.5 Å². The summed E-state index contributed by atoms with van der Waals surface area (Å²) < 4.78 is 0. The summed E-state index contributed by atoms with van der Waals surface area (Å²) in [5, 5.41) is 2.98. The Morgan fingerprint density at radius 1 is 0.950 bits per heavy atom. The van der Waals surface area contributed by atoms with Crippen LogP contribution < -0.4 is 22.5 Å². The summed E-state index contributed by atoms with van der Waals surface area (Å²) >= 11 is 0. The first-order valence-electron chi connectivity index (χ1n) is 5.84. The smallest absolute Gasteiger partial charge is 0.250 e. The Morgan fingerprint density at radius 3 is 2.30 bits per heavy atom. The van der Waals surface area contributed by atoms with Crippen molar-refractivity contribution in [3.8, 4) is 0 Å². The molecule has 7 N–H and O–H groups in total. The zero-order valence-electron chi connectivity index (χ0n) is 10.6. The molecule has 0 saturated heterocycles. The van der Waals surface area contributed by atoms with Crippen LogP contribution in [0.4, 0.5) is 17.1 Å². The van der Waals surface area contributed by atoms with Gasteiger partial charge in [0, 0.05) is 11.3 Å². The number of primary amides is 2. The number of para-hydroxylation sites is 1. The zero-order valence-corrected chi connectivity index (χ0v) is 10.6. The quantitative estimate of drug-likeness (QED) is 0.623. The van der Waals surface area contributed by atoms with Crippen LogP contribution in [-0.4, -0.2) is 11.8 Å². The summed E-state index contributed by atoms with van der Waals surface area (Å²) in [6, 6.07) is 11.4. The summed E-state index contributed by atoms with van der Waals surface area (Å²) in [7, 11) is 0. The highest BCUT2D eigenvalue weighted by Crippen LogP contribution is 2.27. The van der Waals surface area contributed by atoms with Gasteiger partial charge in [-0.05, 0) is 30.3 Å². The molecule has 6 nitrogen and oxygen atoms in total. The van der Waals surface area contributed by atoms with Crippen molar-refractivity contribution in [1.82, 2.24) is 0 Å². The summed E-state index contributed by atoms with van der Waals surface area (Å²) in [4.78, 5) is 22.5. The van der Waals surface area contributed by atoms with Crippen LogP contribution in [0.15, 0.2) is 42.5 Å². The second kappa shape index (κ2) is 5.31. The van der Waals surface area contributed by atoms with E-state index in [-0.39, 0.29) is 5.56 Å². The van der Waals surface area contributed by atoms with E-state index in [1.807, 2.05) is 0 Å². The fraction of sp³-hybridized carbons (Fsp3) is 0. The Kier molecular flexibility index (Phi) is 3.56. The molecule has 2 rings (SSSR count). The third kappa shape index (κ3) is 2.69. The van der Waals surface area contributed by atoms with Gasteiger partial charge >= 0.3 is 0 Å². The van der Waals surface area contributed by atoms with Gasteiger partial charge in [0.2, 0.25) is 5.91 Å². The van der Waals surface area contributed by atoms with Gasteiger partial charge in [0.1, 0.15) is 0 Å². The maximum Gasteiger partial charge on any atom is 0.250 e. The van der Waals surface area contributed by atoms with Crippen LogP contribution in [0.1, 0.15) is 20.7 Å². The van der Waals surface area contributed by atoms with Crippen molar-refractivity contribution in [2.45, 2.75) is 0 Å². The number of rotatable bonds is 4. The van der Waals surface area contributed by atoms with Gasteiger partial charge in [-0.25, -0.2) is 0 Å². The predicted molar refractivity (Wildman–Crippen MR) is 77.6 cm³/mol. The number of hydrogen-bond acceptors (Lipinski definition) is 4. The summed E-state index contributed by atoms with van der Waals surface area (Å²) in [5.74, 6) is -1.13. The van der Waals surface area contributed by atoms with Gasteiger partial charge in [0.25, 0.3) is 5.91 Å². The van der Waals surface area contributed by atoms with Gasteiger partial charge in [-0.1, -0.05) is 12.1 Å². The van der Waals surface area contributed by atoms with E-state index >= 15 is 0 Å². The first kappa shape index (κ1) is 13.4. The van der Waals surface area contributed by atoms with E-state index in [2.05, 4.69) is 5.32 Å². The number of carbonyl (C=O) groups is 2. The molecule has 2 amide bonds. The van der Waals surface area contributed by atoms with Crippen molar-refractivity contribution in [2.75, 3.05) is 11.1 Å². The molecule has 0 bridgehead atoms. The number of nitrogen functional groups attached to an aromatic ring is 1. The predicted octanol–water partition coefficient (Wildman–Crippen LogP) is 1.21. The SMILES string of the molecule is NC(=O)c1cccc(Nc2c(N)cccc2C(N)=O)c1. The zero-order chi connectivity index (χ0) is 14.7. The molecule has 0 aliphatic carbocycles. The molecule has 0 heterocycles. The molecule has 0 aromatic heterocycles. The molecule has 0 aliphatic heterocycles. The molecule has 0 unspecified atom stereocenters. The van der Waals surface area contributed by atoms with Gasteiger partial charge in [-0.2, -0.15) is 0 Å². The molecule has 2 aromatic rings. The second-order valence-electron chi connectivity index (χ2n) is 4.20. The van der Waals surface area contributed by atoms with Crippen LogP contribution in [0.3, 0.4) is 0 Å². The minimum Gasteiger partial charge on any atom is -0.397 e. The van der Waals surface area contributed by atoms with E-state index in [9.17, 15) is 9.59 Å². The lowest BCUT2D eigenvalue weighted by Gasteiger charge is -2.13. The lowest BCUT2D eigenvalue weighted by molar-refractivity contribution is 0.0992. The molecule has 0 radical (unpaired) electrons. The summed E-state index contributed by atoms with van der Waals surface area (Å²) in [6.45, 7) is 0. The minimum atomic E-state index is -0.592. The molecular weight excluding hydrogens is 256 g/mol. The van der Waals surface area contributed by atoms with Crippen molar-refractivity contribution < 1.29 is 9.59 Å². The third-order valence-corrected chi connectivity index (χ3v) is 2.78. The summed E-state index contributed by atoms with van der Waals surface area (Å²) in [6.07, 6.45) is 0. The first-order chi connectivity index (χ1) is 9.49. The van der Waals surface area contributed by atoms with Crippen LogP contribution in [-0.2, 0) is 0 Å².